The number of hydrogen-bond acceptors (Lipinski definition) is 6. The highest BCUT2D eigenvalue weighted by Gasteiger charge is 2.19. The minimum atomic E-state index is -1.01. The molecule has 0 bridgehead atoms. The van der Waals surface area contributed by atoms with Gasteiger partial charge in [0.2, 0.25) is 0 Å². The predicted octanol–water partition coefficient (Wildman–Crippen LogP) is 0.485. The van der Waals surface area contributed by atoms with E-state index in [1.165, 1.54) is 18.0 Å². The van der Waals surface area contributed by atoms with Crippen LogP contribution in [0.1, 0.15) is 19.3 Å². The van der Waals surface area contributed by atoms with Gasteiger partial charge in [-0.1, -0.05) is 0 Å². The number of nitrogens with zero attached hydrogens (tertiary/aromatic N) is 1. The predicted molar refractivity (Wildman–Crippen MR) is 83.2 cm³/mol. The number of rotatable bonds is 9. The van der Waals surface area contributed by atoms with E-state index in [1.807, 2.05) is 6.26 Å². The number of thioether (sulfide) groups is 1. The zero-order valence-electron chi connectivity index (χ0n) is 12.5. The van der Waals surface area contributed by atoms with E-state index in [9.17, 15) is 9.59 Å². The summed E-state index contributed by atoms with van der Waals surface area (Å²) < 4.78 is 5.38. The molecule has 7 nitrogen and oxygen atoms in total. The highest BCUT2D eigenvalue weighted by atomic mass is 32.2. The van der Waals surface area contributed by atoms with E-state index >= 15 is 0 Å². The topological polar surface area (TPSA) is 111 Å². The number of ether oxygens (including phenoxy) is 1. The van der Waals surface area contributed by atoms with Crippen molar-refractivity contribution in [2.75, 3.05) is 25.2 Å². The number of aliphatic carboxylic acids is 1. The van der Waals surface area contributed by atoms with Crippen LogP contribution in [0.2, 0.25) is 0 Å². The smallest absolute Gasteiger partial charge is 0.326 e. The fourth-order valence-corrected chi connectivity index (χ4v) is 2.42. The van der Waals surface area contributed by atoms with E-state index in [0.29, 0.717) is 25.3 Å². The van der Waals surface area contributed by atoms with Crippen molar-refractivity contribution in [1.29, 1.82) is 5.26 Å². The molecule has 0 aliphatic carbocycles. The van der Waals surface area contributed by atoms with Crippen molar-refractivity contribution in [3.8, 4) is 6.07 Å². The third-order valence-electron chi connectivity index (χ3n) is 3.22. The molecule has 0 aromatic heterocycles. The van der Waals surface area contributed by atoms with E-state index < -0.39 is 17.9 Å². The van der Waals surface area contributed by atoms with Gasteiger partial charge in [-0.15, -0.1) is 0 Å². The molecule has 1 heterocycles. The van der Waals surface area contributed by atoms with Gasteiger partial charge >= 0.3 is 5.97 Å². The molecule has 1 aliphatic rings. The Balaban J connectivity index is 2.50. The van der Waals surface area contributed by atoms with Crippen LogP contribution >= 0.6 is 11.8 Å². The summed E-state index contributed by atoms with van der Waals surface area (Å²) in [6, 6.07) is 0.957. The SMILES string of the molecule is CSCCC(N/C=C(/C#N)C(=O)NCC1CCCO1)C(=O)O. The molecule has 0 saturated carbocycles. The third-order valence-corrected chi connectivity index (χ3v) is 3.86. The molecule has 0 spiro atoms. The maximum atomic E-state index is 11.9. The monoisotopic (exact) mass is 327 g/mol. The summed E-state index contributed by atoms with van der Waals surface area (Å²) in [5, 5.41) is 23.3. The van der Waals surface area contributed by atoms with Gasteiger partial charge in [0.25, 0.3) is 5.91 Å². The molecule has 122 valence electrons. The van der Waals surface area contributed by atoms with Crippen molar-refractivity contribution in [3.63, 3.8) is 0 Å². The Morgan fingerprint density at radius 3 is 2.91 bits per heavy atom. The number of hydrogen-bond donors (Lipinski definition) is 3. The zero-order valence-corrected chi connectivity index (χ0v) is 13.3. The second-order valence-electron chi connectivity index (χ2n) is 4.85. The van der Waals surface area contributed by atoms with Gasteiger partial charge in [-0.2, -0.15) is 17.0 Å². The average molecular weight is 327 g/mol. The molecule has 3 N–H and O–H groups in total. The van der Waals surface area contributed by atoms with Gasteiger partial charge in [0.05, 0.1) is 6.10 Å². The lowest BCUT2D eigenvalue weighted by Gasteiger charge is -2.13. The van der Waals surface area contributed by atoms with Crippen LogP contribution in [0.3, 0.4) is 0 Å². The van der Waals surface area contributed by atoms with Gasteiger partial charge in [-0.3, -0.25) is 4.79 Å². The van der Waals surface area contributed by atoms with Crippen LogP contribution in [0.5, 0.6) is 0 Å². The van der Waals surface area contributed by atoms with Crippen LogP contribution in [0.25, 0.3) is 0 Å². The molecule has 1 fully saturated rings. The molecule has 22 heavy (non-hydrogen) atoms. The molecule has 0 aromatic rings. The fourth-order valence-electron chi connectivity index (χ4n) is 1.95. The second kappa shape index (κ2) is 10.1. The third kappa shape index (κ3) is 6.37. The van der Waals surface area contributed by atoms with Gasteiger partial charge in [0.15, 0.2) is 0 Å². The van der Waals surface area contributed by atoms with Crippen LogP contribution in [0.4, 0.5) is 0 Å². The molecule has 2 atom stereocenters. The molecule has 0 aromatic carbocycles. The Hall–Kier alpha value is -1.72. The quantitative estimate of drug-likeness (QED) is 0.417. The van der Waals surface area contributed by atoms with Crippen LogP contribution in [0, 0.1) is 11.3 Å². The van der Waals surface area contributed by atoms with E-state index in [-0.39, 0.29) is 11.7 Å². The first kappa shape index (κ1) is 18.3. The second-order valence-corrected chi connectivity index (χ2v) is 5.84. The molecule has 0 radical (unpaired) electrons. The molecule has 1 aliphatic heterocycles. The van der Waals surface area contributed by atoms with E-state index in [4.69, 9.17) is 15.1 Å². The Bertz CT molecular complexity index is 455. The summed E-state index contributed by atoms with van der Waals surface area (Å²) >= 11 is 1.53. The number of carboxylic acid groups (broad SMARTS) is 1. The van der Waals surface area contributed by atoms with Gasteiger partial charge in [0, 0.05) is 19.4 Å². The highest BCUT2D eigenvalue weighted by Crippen LogP contribution is 2.10. The van der Waals surface area contributed by atoms with Gasteiger partial charge in [-0.25, -0.2) is 4.79 Å². The van der Waals surface area contributed by atoms with Crippen molar-refractivity contribution >= 4 is 23.6 Å². The maximum Gasteiger partial charge on any atom is 0.326 e. The van der Waals surface area contributed by atoms with Crippen molar-refractivity contribution in [3.05, 3.63) is 11.8 Å². The Kier molecular flexibility index (Phi) is 8.40. The molecular weight excluding hydrogens is 306 g/mol. The minimum absolute atomic E-state index is 0.00907. The lowest BCUT2D eigenvalue weighted by molar-refractivity contribution is -0.139. The van der Waals surface area contributed by atoms with Crippen molar-refractivity contribution in [2.24, 2.45) is 0 Å². The summed E-state index contributed by atoms with van der Waals surface area (Å²) in [4.78, 5) is 23.0. The van der Waals surface area contributed by atoms with E-state index in [0.717, 1.165) is 12.8 Å². The first-order chi connectivity index (χ1) is 10.6. The number of nitriles is 1. The Morgan fingerprint density at radius 2 is 2.36 bits per heavy atom. The molecule has 2 unspecified atom stereocenters. The van der Waals surface area contributed by atoms with Crippen LogP contribution in [0.15, 0.2) is 11.8 Å². The number of amides is 1. The number of nitrogens with one attached hydrogen (secondary N) is 2. The average Bonchev–Trinajstić information content (AvgIpc) is 3.01. The lowest BCUT2D eigenvalue weighted by Crippen LogP contribution is -2.36. The minimum Gasteiger partial charge on any atom is -0.480 e. The molecule has 1 saturated heterocycles. The highest BCUT2D eigenvalue weighted by molar-refractivity contribution is 7.98. The first-order valence-corrected chi connectivity index (χ1v) is 8.45. The number of carbonyl (C=O) groups is 2. The summed E-state index contributed by atoms with van der Waals surface area (Å²) in [7, 11) is 0. The maximum absolute atomic E-state index is 11.9. The van der Waals surface area contributed by atoms with Crippen molar-refractivity contribution in [1.82, 2.24) is 10.6 Å². The lowest BCUT2D eigenvalue weighted by atomic mass is 10.2. The van der Waals surface area contributed by atoms with Crippen LogP contribution in [-0.2, 0) is 14.3 Å². The van der Waals surface area contributed by atoms with Crippen LogP contribution in [-0.4, -0.2) is 54.3 Å². The summed E-state index contributed by atoms with van der Waals surface area (Å²) in [6.07, 6.45) is 5.31. The van der Waals surface area contributed by atoms with Gasteiger partial charge < -0.3 is 20.5 Å². The van der Waals surface area contributed by atoms with Crippen LogP contribution < -0.4 is 10.6 Å². The summed E-state index contributed by atoms with van der Waals surface area (Å²) in [6.45, 7) is 1.05. The first-order valence-electron chi connectivity index (χ1n) is 7.06. The van der Waals surface area contributed by atoms with Crippen molar-refractivity contribution in [2.45, 2.75) is 31.4 Å². The van der Waals surface area contributed by atoms with E-state index in [2.05, 4.69) is 10.6 Å². The zero-order chi connectivity index (χ0) is 16.4. The fraction of sp³-hybridized carbons (Fsp3) is 0.643. The molecule has 8 heteroatoms. The summed E-state index contributed by atoms with van der Waals surface area (Å²) in [5.74, 6) is -0.868. The van der Waals surface area contributed by atoms with Gasteiger partial charge in [-0.05, 0) is 31.3 Å². The van der Waals surface area contributed by atoms with Crippen molar-refractivity contribution < 1.29 is 19.4 Å². The number of carboxylic acids is 1. The molecular formula is C14H21N3O4S. The normalized spacial score (nSPS) is 19.3. The standard InChI is InChI=1S/C14H21N3O4S/c1-22-6-4-12(14(19)20)16-8-10(7-15)13(18)17-9-11-3-2-5-21-11/h8,11-12,16H,2-6,9H2,1H3,(H,17,18)(H,19,20)/b10-8-. The largest absolute Gasteiger partial charge is 0.480 e. The van der Waals surface area contributed by atoms with Gasteiger partial charge in [0.1, 0.15) is 17.7 Å². The summed E-state index contributed by atoms with van der Waals surface area (Å²) in [5.41, 5.74) is -0.145. The number of carbonyl (C=O) groups excluding carboxylic acids is 1. The Morgan fingerprint density at radius 1 is 1.59 bits per heavy atom. The molecule has 1 rings (SSSR count). The molecule has 1 amide bonds. The Labute approximate surface area is 134 Å². The van der Waals surface area contributed by atoms with E-state index in [1.54, 1.807) is 6.07 Å².